The van der Waals surface area contributed by atoms with Gasteiger partial charge in [0, 0.05) is 55.7 Å². The van der Waals surface area contributed by atoms with Gasteiger partial charge in [0.2, 0.25) is 12.3 Å². The molecule has 77 heavy (non-hydrogen) atoms. The fraction of sp³-hybridized carbons (Fsp3) is 0.617. The highest BCUT2D eigenvalue weighted by molar-refractivity contribution is 5.94. The van der Waals surface area contributed by atoms with E-state index in [0.717, 1.165) is 133 Å². The molecule has 6 fully saturated rings. The molecule has 11 rings (SSSR count). The van der Waals surface area contributed by atoms with Crippen molar-refractivity contribution in [3.63, 3.8) is 0 Å². The molecule has 0 bridgehead atoms. The molecule has 3 N–H and O–H groups in total. The first kappa shape index (κ1) is 54.3. The fourth-order valence-corrected chi connectivity index (χ4v) is 12.6. The first-order valence-corrected chi connectivity index (χ1v) is 29.5. The Morgan fingerprint density at radius 1 is 0.727 bits per heavy atom. The molecule has 4 aliphatic carbocycles. The first-order valence-electron chi connectivity index (χ1n) is 29.5. The van der Waals surface area contributed by atoms with Gasteiger partial charge in [0.05, 0.1) is 43.3 Å². The second-order valence-corrected chi connectivity index (χ2v) is 22.7. The third-order valence-electron chi connectivity index (χ3n) is 17.3. The first-order chi connectivity index (χ1) is 37.8. The van der Waals surface area contributed by atoms with Crippen molar-refractivity contribution in [2.75, 3.05) is 58.4 Å². The maximum atomic E-state index is 13.6. The normalized spacial score (nSPS) is 19.5. The maximum absolute atomic E-state index is 13.6. The molecular weight excluding hydrogens is 969 g/mol. The molecule has 17 nitrogen and oxygen atoms in total. The van der Waals surface area contributed by atoms with Gasteiger partial charge in [-0.1, -0.05) is 68.9 Å². The molecule has 2 aromatic carbocycles. The molecule has 2 atom stereocenters. The van der Waals surface area contributed by atoms with Gasteiger partial charge < -0.3 is 34.9 Å². The molecular formula is C60H84N12O5. The fourth-order valence-electron chi connectivity index (χ4n) is 12.6. The molecule has 4 saturated carbocycles. The number of aromatic amines is 1. The van der Waals surface area contributed by atoms with Crippen LogP contribution >= 0.6 is 0 Å². The number of hydrogen-bond acceptors (Lipinski definition) is 11. The third-order valence-corrected chi connectivity index (χ3v) is 17.3. The van der Waals surface area contributed by atoms with Crippen molar-refractivity contribution in [3.8, 4) is 34.0 Å². The Kier molecular flexibility index (Phi) is 18.7. The number of methoxy groups -OCH3 is 2. The average molecular weight is 1050 g/mol. The largest absolute Gasteiger partial charge is 0.496 e. The lowest BCUT2D eigenvalue weighted by Gasteiger charge is -2.32. The molecule has 6 aliphatic rings. The SMILES string of the molecule is COc1cccc(OC)c1-c1cc(C(=O)N[C@@H](CCN2CCCCC2)Cc2nnc[nH]2)nn1C1CCCC1.O=CN(c1cc(-c2ccccc2C2CC2)n(C2CCCC2)n1)[C@@H](CCN1CCCCC1)CC(=O)NC1CCC1. The number of piperidine rings is 2. The summed E-state index contributed by atoms with van der Waals surface area (Å²) in [5.74, 6) is 3.36. The van der Waals surface area contributed by atoms with Gasteiger partial charge >= 0.3 is 0 Å². The summed E-state index contributed by atoms with van der Waals surface area (Å²) in [5.41, 5.74) is 5.85. The molecule has 17 heteroatoms. The zero-order chi connectivity index (χ0) is 52.9. The van der Waals surface area contributed by atoms with E-state index in [1.807, 2.05) is 28.9 Å². The molecule has 5 aromatic rings. The number of benzene rings is 2. The lowest BCUT2D eigenvalue weighted by molar-refractivity contribution is -0.122. The molecule has 414 valence electrons. The van der Waals surface area contributed by atoms with Gasteiger partial charge in [-0.15, -0.1) is 10.2 Å². The molecule has 3 aromatic heterocycles. The number of hydrogen-bond donors (Lipinski definition) is 3. The van der Waals surface area contributed by atoms with Gasteiger partial charge in [-0.2, -0.15) is 10.2 Å². The molecule has 2 saturated heterocycles. The number of nitrogens with one attached hydrogen (secondary N) is 3. The average Bonchev–Trinajstić information content (AvgIpc) is 4.13. The Balaban J connectivity index is 0.000000175. The lowest BCUT2D eigenvalue weighted by Crippen LogP contribution is -2.45. The summed E-state index contributed by atoms with van der Waals surface area (Å²) in [4.78, 5) is 49.4. The zero-order valence-corrected chi connectivity index (χ0v) is 45.9. The monoisotopic (exact) mass is 1050 g/mol. The number of rotatable bonds is 23. The van der Waals surface area contributed by atoms with Crippen molar-refractivity contribution >= 4 is 24.0 Å². The minimum absolute atomic E-state index is 0.0599. The molecule has 5 heterocycles. The highest BCUT2D eigenvalue weighted by Gasteiger charge is 2.33. The van der Waals surface area contributed by atoms with Crippen LogP contribution in [0.5, 0.6) is 11.5 Å². The van der Waals surface area contributed by atoms with Gasteiger partial charge in [0.25, 0.3) is 5.91 Å². The van der Waals surface area contributed by atoms with E-state index in [4.69, 9.17) is 19.7 Å². The minimum Gasteiger partial charge on any atom is -0.496 e. The summed E-state index contributed by atoms with van der Waals surface area (Å²) >= 11 is 0. The Hall–Kier alpha value is -6.07. The topological polar surface area (TPSA) is 181 Å². The van der Waals surface area contributed by atoms with E-state index in [9.17, 15) is 14.4 Å². The summed E-state index contributed by atoms with van der Waals surface area (Å²) in [5, 5.41) is 24.6. The standard InChI is InChI=1S/C32H45N5O2.C28H39N7O3/c38-23-36(27(17-20-35-18-6-1-7-19-35)21-32(39)33-25-9-8-10-25)31-22-30(37(34-31)26-11-2-3-12-26)29-14-5-4-13-28(29)24-15-16-24;1-37-24-11-8-12-25(38-2)27(24)23-18-22(33-35(23)21-9-4-5-10-21)28(36)31-20(17-26-29-19-30-32-26)13-16-34-14-6-3-7-15-34/h4-5,13-14,22-27H,1-3,6-12,15-21H2,(H,33,39);8,11-12,18-21H,3-7,9-10,13-17H2,1-2H3,(H,31,36)(H,29,30,32)/t27-;20-/m00/s1. The summed E-state index contributed by atoms with van der Waals surface area (Å²) < 4.78 is 15.6. The van der Waals surface area contributed by atoms with E-state index in [-0.39, 0.29) is 29.9 Å². The number of carbonyl (C=O) groups excluding carboxylic acids is 3. The van der Waals surface area contributed by atoms with Gasteiger partial charge in [0.1, 0.15) is 23.7 Å². The van der Waals surface area contributed by atoms with Crippen LogP contribution in [0.15, 0.2) is 60.9 Å². The lowest BCUT2D eigenvalue weighted by atomic mass is 9.93. The van der Waals surface area contributed by atoms with Crippen LogP contribution in [0, 0.1) is 0 Å². The Labute approximate surface area is 455 Å². The maximum Gasteiger partial charge on any atom is 0.272 e. The van der Waals surface area contributed by atoms with Crippen molar-refractivity contribution in [3.05, 3.63) is 78.0 Å². The van der Waals surface area contributed by atoms with Crippen molar-refractivity contribution in [1.82, 2.24) is 55.2 Å². The van der Waals surface area contributed by atoms with E-state index in [1.165, 1.54) is 81.8 Å². The van der Waals surface area contributed by atoms with Crippen LogP contribution in [0.4, 0.5) is 5.82 Å². The van der Waals surface area contributed by atoms with Crippen LogP contribution in [-0.2, 0) is 16.0 Å². The molecule has 0 spiro atoms. The summed E-state index contributed by atoms with van der Waals surface area (Å²) in [6.07, 6.45) is 27.5. The van der Waals surface area contributed by atoms with Gasteiger partial charge in [-0.05, 0) is 152 Å². The summed E-state index contributed by atoms with van der Waals surface area (Å²) in [6.45, 7) is 6.32. The second kappa shape index (κ2) is 26.5. The molecule has 0 radical (unpaired) electrons. The number of ether oxygens (including phenoxy) is 2. The third kappa shape index (κ3) is 13.8. The molecule has 2 aliphatic heterocycles. The van der Waals surface area contributed by atoms with Crippen molar-refractivity contribution in [2.24, 2.45) is 0 Å². The number of carbonyl (C=O) groups is 3. The van der Waals surface area contributed by atoms with Crippen molar-refractivity contribution < 1.29 is 23.9 Å². The minimum atomic E-state index is -0.206. The molecule has 3 amide bonds. The van der Waals surface area contributed by atoms with Crippen LogP contribution < -0.4 is 25.0 Å². The number of anilines is 1. The quantitative estimate of drug-likeness (QED) is 0.0530. The van der Waals surface area contributed by atoms with Gasteiger partial charge in [-0.25, -0.2) is 0 Å². The van der Waals surface area contributed by atoms with Crippen LogP contribution in [0.25, 0.3) is 22.5 Å². The number of aromatic nitrogens is 7. The predicted octanol–water partition coefficient (Wildman–Crippen LogP) is 9.83. The number of amides is 3. The Bertz CT molecular complexity index is 2650. The number of nitrogens with zero attached hydrogens (tertiary/aromatic N) is 9. The smallest absolute Gasteiger partial charge is 0.272 e. The van der Waals surface area contributed by atoms with Crippen LogP contribution in [-0.4, -0.2) is 134 Å². The van der Waals surface area contributed by atoms with Gasteiger partial charge in [0.15, 0.2) is 11.5 Å². The Morgan fingerprint density at radius 3 is 1.95 bits per heavy atom. The number of H-pyrrole nitrogens is 1. The van der Waals surface area contributed by atoms with E-state index in [0.29, 0.717) is 53.9 Å². The summed E-state index contributed by atoms with van der Waals surface area (Å²) in [7, 11) is 3.30. The van der Waals surface area contributed by atoms with E-state index < -0.39 is 0 Å². The zero-order valence-electron chi connectivity index (χ0n) is 45.9. The van der Waals surface area contributed by atoms with Crippen LogP contribution in [0.1, 0.15) is 181 Å². The highest BCUT2D eigenvalue weighted by atomic mass is 16.5. The van der Waals surface area contributed by atoms with E-state index in [1.54, 1.807) is 25.4 Å². The Morgan fingerprint density at radius 2 is 1.36 bits per heavy atom. The second-order valence-electron chi connectivity index (χ2n) is 22.7. The van der Waals surface area contributed by atoms with E-state index in [2.05, 4.69) is 70.6 Å². The number of likely N-dealkylation sites (tertiary alicyclic amines) is 2. The molecule has 0 unspecified atom stereocenters. The summed E-state index contributed by atoms with van der Waals surface area (Å²) in [6, 6.07) is 19.1. The van der Waals surface area contributed by atoms with E-state index >= 15 is 0 Å². The van der Waals surface area contributed by atoms with Gasteiger partial charge in [-0.3, -0.25) is 28.6 Å². The van der Waals surface area contributed by atoms with Crippen molar-refractivity contribution in [1.29, 1.82) is 0 Å². The van der Waals surface area contributed by atoms with Crippen molar-refractivity contribution in [2.45, 2.75) is 184 Å². The van der Waals surface area contributed by atoms with Crippen LogP contribution in [0.3, 0.4) is 0 Å². The predicted molar refractivity (Wildman–Crippen MR) is 299 cm³/mol. The van der Waals surface area contributed by atoms with Crippen LogP contribution in [0.2, 0.25) is 0 Å². The highest BCUT2D eigenvalue weighted by Crippen LogP contribution is 2.46.